The molecule has 0 amide bonds. The van der Waals surface area contributed by atoms with Crippen LogP contribution in [0.15, 0.2) is 29.3 Å². The van der Waals surface area contributed by atoms with Gasteiger partial charge >= 0.3 is 0 Å². The fourth-order valence-corrected chi connectivity index (χ4v) is 2.59. The molecule has 1 fully saturated rings. The van der Waals surface area contributed by atoms with Crippen LogP contribution in [-0.4, -0.2) is 36.2 Å². The Bertz CT molecular complexity index is 553. The third kappa shape index (κ3) is 5.49. The lowest BCUT2D eigenvalue weighted by atomic mass is 10.1. The van der Waals surface area contributed by atoms with Gasteiger partial charge in [-0.15, -0.1) is 0 Å². The van der Waals surface area contributed by atoms with Crippen LogP contribution in [0, 0.1) is 10.1 Å². The van der Waals surface area contributed by atoms with Gasteiger partial charge in [0.15, 0.2) is 5.96 Å². The highest BCUT2D eigenvalue weighted by molar-refractivity contribution is 5.80. The third-order valence-electron chi connectivity index (χ3n) is 4.00. The third-order valence-corrected chi connectivity index (χ3v) is 4.00. The van der Waals surface area contributed by atoms with E-state index in [1.807, 2.05) is 0 Å². The first-order valence-electron chi connectivity index (χ1n) is 8.50. The summed E-state index contributed by atoms with van der Waals surface area (Å²) in [7, 11) is 0. The standard InChI is InChI=1S/C17H26N4O3/c1-3-10-18-17(20-13(2)16-5-4-11-24-16)19-12-14-6-8-15(9-7-14)21(22)23/h6-9,13,16H,3-5,10-12H2,1-2H3,(H2,18,19,20). The van der Waals surface area contributed by atoms with Gasteiger partial charge in [0.25, 0.3) is 5.69 Å². The smallest absolute Gasteiger partial charge is 0.269 e. The molecule has 1 aliphatic heterocycles. The van der Waals surface area contributed by atoms with E-state index in [0.717, 1.165) is 43.9 Å². The monoisotopic (exact) mass is 334 g/mol. The number of non-ortho nitro benzene ring substituents is 1. The van der Waals surface area contributed by atoms with Crippen molar-refractivity contribution in [1.82, 2.24) is 10.6 Å². The topological polar surface area (TPSA) is 88.8 Å². The number of nitrogens with one attached hydrogen (secondary N) is 2. The van der Waals surface area contributed by atoms with E-state index in [9.17, 15) is 10.1 Å². The summed E-state index contributed by atoms with van der Waals surface area (Å²) in [6, 6.07) is 6.68. The van der Waals surface area contributed by atoms with Gasteiger partial charge in [0, 0.05) is 25.3 Å². The van der Waals surface area contributed by atoms with Crippen molar-refractivity contribution >= 4 is 11.6 Å². The van der Waals surface area contributed by atoms with Crippen LogP contribution in [0.2, 0.25) is 0 Å². The molecule has 2 unspecified atom stereocenters. The molecule has 132 valence electrons. The van der Waals surface area contributed by atoms with Crippen molar-refractivity contribution in [3.63, 3.8) is 0 Å². The van der Waals surface area contributed by atoms with E-state index in [4.69, 9.17) is 4.74 Å². The molecular formula is C17H26N4O3. The maximum absolute atomic E-state index is 10.7. The van der Waals surface area contributed by atoms with E-state index >= 15 is 0 Å². The van der Waals surface area contributed by atoms with E-state index in [2.05, 4.69) is 29.5 Å². The minimum absolute atomic E-state index is 0.0946. The predicted molar refractivity (Wildman–Crippen MR) is 94.1 cm³/mol. The molecule has 2 atom stereocenters. The first kappa shape index (κ1) is 18.2. The summed E-state index contributed by atoms with van der Waals surface area (Å²) >= 11 is 0. The van der Waals surface area contributed by atoms with Gasteiger partial charge in [-0.1, -0.05) is 19.1 Å². The fraction of sp³-hybridized carbons (Fsp3) is 0.588. The van der Waals surface area contributed by atoms with Crippen molar-refractivity contribution in [3.05, 3.63) is 39.9 Å². The summed E-state index contributed by atoms with van der Waals surface area (Å²) in [6.07, 6.45) is 3.40. The molecule has 7 nitrogen and oxygen atoms in total. The molecule has 0 bridgehead atoms. The van der Waals surface area contributed by atoms with Gasteiger partial charge in [-0.3, -0.25) is 10.1 Å². The minimum Gasteiger partial charge on any atom is -0.376 e. The van der Waals surface area contributed by atoms with Crippen LogP contribution < -0.4 is 10.6 Å². The number of hydrogen-bond acceptors (Lipinski definition) is 4. The summed E-state index contributed by atoms with van der Waals surface area (Å²) in [5.74, 6) is 0.748. The van der Waals surface area contributed by atoms with E-state index in [1.165, 1.54) is 12.1 Å². The van der Waals surface area contributed by atoms with Gasteiger partial charge in [-0.05, 0) is 31.7 Å². The second kappa shape index (κ2) is 9.22. The molecule has 0 spiro atoms. The fourth-order valence-electron chi connectivity index (χ4n) is 2.59. The average molecular weight is 334 g/mol. The van der Waals surface area contributed by atoms with E-state index in [1.54, 1.807) is 12.1 Å². The van der Waals surface area contributed by atoms with Gasteiger partial charge < -0.3 is 15.4 Å². The van der Waals surface area contributed by atoms with E-state index in [0.29, 0.717) is 6.54 Å². The Hall–Kier alpha value is -2.15. The van der Waals surface area contributed by atoms with Crippen LogP contribution in [0.25, 0.3) is 0 Å². The van der Waals surface area contributed by atoms with Crippen LogP contribution in [-0.2, 0) is 11.3 Å². The Labute approximate surface area is 142 Å². The highest BCUT2D eigenvalue weighted by Crippen LogP contribution is 2.15. The number of nitrogens with zero attached hydrogens (tertiary/aromatic N) is 2. The van der Waals surface area contributed by atoms with Crippen molar-refractivity contribution in [2.24, 2.45) is 4.99 Å². The average Bonchev–Trinajstić information content (AvgIpc) is 3.12. The van der Waals surface area contributed by atoms with Gasteiger partial charge in [0.05, 0.1) is 23.6 Å². The quantitative estimate of drug-likeness (QED) is 0.346. The molecule has 2 rings (SSSR count). The molecule has 1 aromatic rings. The summed E-state index contributed by atoms with van der Waals surface area (Å²) in [5, 5.41) is 17.4. The predicted octanol–water partition coefficient (Wildman–Crippen LogP) is 2.61. The molecule has 1 aromatic carbocycles. The summed E-state index contributed by atoms with van der Waals surface area (Å²) in [5.41, 5.74) is 1.03. The van der Waals surface area contributed by atoms with Crippen molar-refractivity contribution in [1.29, 1.82) is 0 Å². The Morgan fingerprint density at radius 1 is 1.46 bits per heavy atom. The van der Waals surface area contributed by atoms with Crippen LogP contribution in [0.1, 0.15) is 38.7 Å². The van der Waals surface area contributed by atoms with Crippen LogP contribution in [0.4, 0.5) is 5.69 Å². The summed E-state index contributed by atoms with van der Waals surface area (Å²) in [6.45, 7) is 6.34. The number of aliphatic imine (C=N–C) groups is 1. The number of nitro benzene ring substituents is 1. The van der Waals surface area contributed by atoms with Crippen LogP contribution in [0.3, 0.4) is 0 Å². The maximum Gasteiger partial charge on any atom is 0.269 e. The molecule has 1 saturated heterocycles. The first-order valence-corrected chi connectivity index (χ1v) is 8.50. The highest BCUT2D eigenvalue weighted by Gasteiger charge is 2.22. The first-order chi connectivity index (χ1) is 11.6. The molecule has 7 heteroatoms. The lowest BCUT2D eigenvalue weighted by molar-refractivity contribution is -0.384. The van der Waals surface area contributed by atoms with Crippen LogP contribution >= 0.6 is 0 Å². The molecule has 0 radical (unpaired) electrons. The molecule has 1 heterocycles. The molecule has 0 saturated carbocycles. The Morgan fingerprint density at radius 3 is 2.79 bits per heavy atom. The van der Waals surface area contributed by atoms with Crippen molar-refractivity contribution < 1.29 is 9.66 Å². The molecule has 24 heavy (non-hydrogen) atoms. The second-order valence-electron chi connectivity index (χ2n) is 6.00. The number of guanidine groups is 1. The molecule has 2 N–H and O–H groups in total. The van der Waals surface area contributed by atoms with Gasteiger partial charge in [-0.25, -0.2) is 4.99 Å². The molecule has 1 aliphatic rings. The van der Waals surface area contributed by atoms with Gasteiger partial charge in [-0.2, -0.15) is 0 Å². The second-order valence-corrected chi connectivity index (χ2v) is 6.00. The normalized spacial score (nSPS) is 19.1. The van der Waals surface area contributed by atoms with E-state index < -0.39 is 4.92 Å². The van der Waals surface area contributed by atoms with Gasteiger partial charge in [0.2, 0.25) is 0 Å². The largest absolute Gasteiger partial charge is 0.376 e. The number of nitro groups is 1. The number of hydrogen-bond donors (Lipinski definition) is 2. The number of ether oxygens (including phenoxy) is 1. The SMILES string of the molecule is CCCNC(=NCc1ccc([N+](=O)[O-])cc1)NC(C)C1CCCO1. The minimum atomic E-state index is -0.397. The van der Waals surface area contributed by atoms with E-state index in [-0.39, 0.29) is 17.8 Å². The summed E-state index contributed by atoms with van der Waals surface area (Å²) < 4.78 is 5.71. The Kier molecular flexibility index (Phi) is 6.99. The molecule has 0 aliphatic carbocycles. The highest BCUT2D eigenvalue weighted by atomic mass is 16.6. The van der Waals surface area contributed by atoms with Gasteiger partial charge in [0.1, 0.15) is 0 Å². The Morgan fingerprint density at radius 2 is 2.21 bits per heavy atom. The lowest BCUT2D eigenvalue weighted by Crippen LogP contribution is -2.47. The zero-order valence-corrected chi connectivity index (χ0v) is 14.3. The number of benzene rings is 1. The zero-order chi connectivity index (χ0) is 17.4. The number of rotatable bonds is 7. The zero-order valence-electron chi connectivity index (χ0n) is 14.3. The van der Waals surface area contributed by atoms with Crippen LogP contribution in [0.5, 0.6) is 0 Å². The van der Waals surface area contributed by atoms with Crippen molar-refractivity contribution in [3.8, 4) is 0 Å². The van der Waals surface area contributed by atoms with Crippen molar-refractivity contribution in [2.45, 2.75) is 51.8 Å². The lowest BCUT2D eigenvalue weighted by Gasteiger charge is -2.22. The summed E-state index contributed by atoms with van der Waals surface area (Å²) in [4.78, 5) is 14.9. The molecule has 0 aromatic heterocycles. The van der Waals surface area contributed by atoms with Crippen molar-refractivity contribution in [2.75, 3.05) is 13.2 Å². The molecular weight excluding hydrogens is 308 g/mol. The Balaban J connectivity index is 1.97. The maximum atomic E-state index is 10.7.